The molecule has 0 saturated heterocycles. The monoisotopic (exact) mass is 341 g/mol. The Labute approximate surface area is 147 Å². The summed E-state index contributed by atoms with van der Waals surface area (Å²) in [4.78, 5) is 20.5. The maximum atomic E-state index is 12.0. The van der Waals surface area contributed by atoms with E-state index in [1.54, 1.807) is 37.6 Å². The molecular weight excluding hydrogens is 318 g/mol. The van der Waals surface area contributed by atoms with Crippen LogP contribution in [0.5, 0.6) is 5.75 Å². The third-order valence-corrected chi connectivity index (χ3v) is 3.42. The third-order valence-electron chi connectivity index (χ3n) is 3.42. The number of amides is 1. The van der Waals surface area contributed by atoms with Gasteiger partial charge in [-0.25, -0.2) is 0 Å². The summed E-state index contributed by atoms with van der Waals surface area (Å²) in [5, 5.41) is 5.78. The number of methoxy groups -OCH3 is 1. The molecule has 7 heteroatoms. The lowest BCUT2D eigenvalue weighted by molar-refractivity contribution is 0.0954. The summed E-state index contributed by atoms with van der Waals surface area (Å²) in [5.41, 5.74) is 7.32. The number of nitrogens with one attached hydrogen (secondary N) is 2. The van der Waals surface area contributed by atoms with Crippen LogP contribution in [0.25, 0.3) is 0 Å². The number of hydrogen-bond donors (Lipinski definition) is 3. The molecule has 0 fully saturated rings. The van der Waals surface area contributed by atoms with E-state index in [0.717, 1.165) is 12.1 Å². The van der Waals surface area contributed by atoms with Crippen LogP contribution in [0.2, 0.25) is 0 Å². The van der Waals surface area contributed by atoms with Gasteiger partial charge in [0.1, 0.15) is 5.75 Å². The molecule has 7 nitrogen and oxygen atoms in total. The van der Waals surface area contributed by atoms with Crippen LogP contribution in [0.3, 0.4) is 0 Å². The van der Waals surface area contributed by atoms with Crippen molar-refractivity contribution in [1.82, 2.24) is 15.6 Å². The van der Waals surface area contributed by atoms with Crippen molar-refractivity contribution in [3.8, 4) is 5.75 Å². The van der Waals surface area contributed by atoms with Crippen LogP contribution >= 0.6 is 0 Å². The third kappa shape index (κ3) is 6.50. The summed E-state index contributed by atoms with van der Waals surface area (Å²) < 4.78 is 5.10. The molecule has 0 bridgehead atoms. The van der Waals surface area contributed by atoms with Crippen LogP contribution in [0.15, 0.2) is 53.7 Å². The van der Waals surface area contributed by atoms with E-state index < -0.39 is 0 Å². The van der Waals surface area contributed by atoms with Gasteiger partial charge < -0.3 is 21.1 Å². The number of benzene rings is 1. The Hall–Kier alpha value is -3.09. The molecule has 4 N–H and O–H groups in total. The molecule has 1 heterocycles. The fraction of sp³-hybridized carbons (Fsp3) is 0.278. The van der Waals surface area contributed by atoms with Crippen molar-refractivity contribution >= 4 is 11.9 Å². The first-order valence-electron chi connectivity index (χ1n) is 8.05. The van der Waals surface area contributed by atoms with E-state index >= 15 is 0 Å². The van der Waals surface area contributed by atoms with E-state index in [2.05, 4.69) is 20.6 Å². The van der Waals surface area contributed by atoms with Gasteiger partial charge in [0.15, 0.2) is 5.96 Å². The number of guanidine groups is 1. The Bertz CT molecular complexity index is 704. The predicted molar refractivity (Wildman–Crippen MR) is 97.8 cm³/mol. The van der Waals surface area contributed by atoms with E-state index in [9.17, 15) is 4.79 Å². The van der Waals surface area contributed by atoms with Gasteiger partial charge in [0.2, 0.25) is 0 Å². The SMILES string of the molecule is COc1cccc(C(=O)NCCNC(N)=NCCc2ccccn2)c1. The Balaban J connectivity index is 1.66. The zero-order chi connectivity index (χ0) is 17.9. The number of carbonyl (C=O) groups is 1. The minimum Gasteiger partial charge on any atom is -0.497 e. The van der Waals surface area contributed by atoms with E-state index in [1.807, 2.05) is 18.2 Å². The predicted octanol–water partition coefficient (Wildman–Crippen LogP) is 0.967. The molecule has 0 saturated carbocycles. The second-order valence-corrected chi connectivity index (χ2v) is 5.25. The number of rotatable bonds is 8. The van der Waals surface area contributed by atoms with Gasteiger partial charge in [-0.1, -0.05) is 12.1 Å². The lowest BCUT2D eigenvalue weighted by Gasteiger charge is -2.08. The van der Waals surface area contributed by atoms with Crippen LogP contribution in [0.4, 0.5) is 0 Å². The molecule has 132 valence electrons. The molecule has 2 aromatic rings. The summed E-state index contributed by atoms with van der Waals surface area (Å²) in [6, 6.07) is 12.8. The molecule has 0 radical (unpaired) electrons. The van der Waals surface area contributed by atoms with Crippen LogP contribution < -0.4 is 21.1 Å². The summed E-state index contributed by atoms with van der Waals surface area (Å²) in [6.45, 7) is 1.49. The van der Waals surface area contributed by atoms with Crippen molar-refractivity contribution < 1.29 is 9.53 Å². The molecule has 0 aliphatic carbocycles. The van der Waals surface area contributed by atoms with E-state index in [0.29, 0.717) is 36.9 Å². The maximum absolute atomic E-state index is 12.0. The zero-order valence-electron chi connectivity index (χ0n) is 14.2. The summed E-state index contributed by atoms with van der Waals surface area (Å²) >= 11 is 0. The molecule has 25 heavy (non-hydrogen) atoms. The van der Waals surface area contributed by atoms with Gasteiger partial charge in [-0.2, -0.15) is 0 Å². The van der Waals surface area contributed by atoms with Gasteiger partial charge in [0.05, 0.1) is 7.11 Å². The molecule has 0 spiro atoms. The number of aromatic nitrogens is 1. The lowest BCUT2D eigenvalue weighted by Crippen LogP contribution is -2.38. The maximum Gasteiger partial charge on any atom is 0.251 e. The zero-order valence-corrected chi connectivity index (χ0v) is 14.2. The van der Waals surface area contributed by atoms with Crippen LogP contribution in [0, 0.1) is 0 Å². The van der Waals surface area contributed by atoms with E-state index in [-0.39, 0.29) is 5.91 Å². The molecule has 0 atom stereocenters. The molecular formula is C18H23N5O2. The highest BCUT2D eigenvalue weighted by molar-refractivity contribution is 5.94. The first-order valence-corrected chi connectivity index (χ1v) is 8.05. The minimum absolute atomic E-state index is 0.161. The van der Waals surface area contributed by atoms with E-state index in [4.69, 9.17) is 10.5 Å². The van der Waals surface area contributed by atoms with Crippen molar-refractivity contribution in [3.05, 3.63) is 59.9 Å². The molecule has 1 aromatic heterocycles. The van der Waals surface area contributed by atoms with Gasteiger partial charge in [-0.05, 0) is 30.3 Å². The molecule has 0 aliphatic heterocycles. The molecule has 1 amide bonds. The highest BCUT2D eigenvalue weighted by atomic mass is 16.5. The highest BCUT2D eigenvalue weighted by Gasteiger charge is 2.05. The van der Waals surface area contributed by atoms with Crippen molar-refractivity contribution in [1.29, 1.82) is 0 Å². The standard InChI is InChI=1S/C18H23N5O2/c1-25-16-7-4-5-14(13-16)17(24)21-11-12-23-18(19)22-10-8-15-6-2-3-9-20-15/h2-7,9,13H,8,10-12H2,1H3,(H,21,24)(H3,19,22,23). The topological polar surface area (TPSA) is 102 Å². The Kier molecular flexibility index (Phi) is 7.24. The first-order chi connectivity index (χ1) is 12.2. The Morgan fingerprint density at radius 3 is 2.80 bits per heavy atom. The number of nitrogens with two attached hydrogens (primary N) is 1. The summed E-state index contributed by atoms with van der Waals surface area (Å²) in [6.07, 6.45) is 2.49. The number of nitrogens with zero attached hydrogens (tertiary/aromatic N) is 2. The van der Waals surface area contributed by atoms with Crippen molar-refractivity contribution in [2.45, 2.75) is 6.42 Å². The van der Waals surface area contributed by atoms with Gasteiger partial charge in [0, 0.05) is 43.5 Å². The number of ether oxygens (including phenoxy) is 1. The van der Waals surface area contributed by atoms with E-state index in [1.165, 1.54) is 0 Å². The Morgan fingerprint density at radius 1 is 1.20 bits per heavy atom. The number of pyridine rings is 1. The van der Waals surface area contributed by atoms with Crippen LogP contribution in [0.1, 0.15) is 16.1 Å². The van der Waals surface area contributed by atoms with Crippen molar-refractivity contribution in [2.75, 3.05) is 26.7 Å². The lowest BCUT2D eigenvalue weighted by atomic mass is 10.2. The molecule has 1 aromatic carbocycles. The average molecular weight is 341 g/mol. The van der Waals surface area contributed by atoms with Gasteiger partial charge in [-0.3, -0.25) is 14.8 Å². The second kappa shape index (κ2) is 9.92. The number of aliphatic imine (C=N–C) groups is 1. The van der Waals surface area contributed by atoms with Crippen molar-refractivity contribution in [3.63, 3.8) is 0 Å². The average Bonchev–Trinajstić information content (AvgIpc) is 2.66. The first kappa shape index (κ1) is 18.3. The van der Waals surface area contributed by atoms with Gasteiger partial charge in [0.25, 0.3) is 5.91 Å². The fourth-order valence-corrected chi connectivity index (χ4v) is 2.13. The van der Waals surface area contributed by atoms with Crippen LogP contribution in [-0.2, 0) is 6.42 Å². The molecule has 0 aliphatic rings. The van der Waals surface area contributed by atoms with Crippen molar-refractivity contribution in [2.24, 2.45) is 10.7 Å². The number of carbonyl (C=O) groups excluding carboxylic acids is 1. The molecule has 2 rings (SSSR count). The van der Waals surface area contributed by atoms with Crippen LogP contribution in [-0.4, -0.2) is 43.6 Å². The smallest absolute Gasteiger partial charge is 0.251 e. The summed E-state index contributed by atoms with van der Waals surface area (Å²) in [7, 11) is 1.57. The highest BCUT2D eigenvalue weighted by Crippen LogP contribution is 2.12. The second-order valence-electron chi connectivity index (χ2n) is 5.25. The summed E-state index contributed by atoms with van der Waals surface area (Å²) in [5.74, 6) is 0.841. The largest absolute Gasteiger partial charge is 0.497 e. The Morgan fingerprint density at radius 2 is 2.04 bits per heavy atom. The van der Waals surface area contributed by atoms with Gasteiger partial charge >= 0.3 is 0 Å². The normalized spacial score (nSPS) is 11.0. The number of hydrogen-bond acceptors (Lipinski definition) is 4. The quantitative estimate of drug-likeness (QED) is 0.377. The fourth-order valence-electron chi connectivity index (χ4n) is 2.13. The minimum atomic E-state index is -0.161. The molecule has 0 unspecified atom stereocenters. The van der Waals surface area contributed by atoms with Gasteiger partial charge in [-0.15, -0.1) is 0 Å².